The molecule has 4 unspecified atom stereocenters. The van der Waals surface area contributed by atoms with E-state index in [0.717, 1.165) is 96.8 Å². The van der Waals surface area contributed by atoms with Crippen LogP contribution in [0.2, 0.25) is 0 Å². The maximum atomic E-state index is 13.9. The number of nitrogens with zero attached hydrogens (tertiary/aromatic N) is 3. The third-order valence-corrected chi connectivity index (χ3v) is 9.68. The monoisotopic (exact) mass is 519 g/mol. The van der Waals surface area contributed by atoms with Gasteiger partial charge < -0.3 is 32.6 Å². The largest absolute Gasteiger partial charge is 0.409 e. The van der Waals surface area contributed by atoms with E-state index in [1.807, 2.05) is 0 Å². The smallest absolute Gasteiger partial charge is 0.239 e. The van der Waals surface area contributed by atoms with Crippen LogP contribution in [0.3, 0.4) is 0 Å². The van der Waals surface area contributed by atoms with Gasteiger partial charge >= 0.3 is 0 Å². The van der Waals surface area contributed by atoms with Gasteiger partial charge in [-0.3, -0.25) is 14.5 Å². The molecule has 10 nitrogen and oxygen atoms in total. The number of amidine groups is 1. The highest BCUT2D eigenvalue weighted by Crippen LogP contribution is 2.44. The first-order chi connectivity index (χ1) is 17.9. The molecule has 2 amide bonds. The summed E-state index contributed by atoms with van der Waals surface area (Å²) in [6.07, 6.45) is 11.3. The molecule has 4 rings (SSSR count). The molecule has 0 aromatic heterocycles. The number of oxime groups is 1. The van der Waals surface area contributed by atoms with Crippen molar-refractivity contribution >= 4 is 17.6 Å². The number of rotatable bonds is 9. The van der Waals surface area contributed by atoms with Crippen LogP contribution < -0.4 is 22.5 Å². The predicted molar refractivity (Wildman–Crippen MR) is 144 cm³/mol. The van der Waals surface area contributed by atoms with Crippen molar-refractivity contribution in [3.63, 3.8) is 0 Å². The molecular formula is C27H49N7O3. The number of nitrogens with one attached hydrogen (secondary N) is 1. The van der Waals surface area contributed by atoms with Crippen LogP contribution >= 0.6 is 0 Å². The van der Waals surface area contributed by atoms with Gasteiger partial charge in [-0.2, -0.15) is 0 Å². The Morgan fingerprint density at radius 2 is 1.65 bits per heavy atom. The van der Waals surface area contributed by atoms with E-state index in [1.54, 1.807) is 0 Å². The lowest BCUT2D eigenvalue weighted by Crippen LogP contribution is -2.52. The van der Waals surface area contributed by atoms with Crippen LogP contribution in [0, 0.1) is 23.7 Å². The predicted octanol–water partition coefficient (Wildman–Crippen LogP) is 1.20. The van der Waals surface area contributed by atoms with Crippen molar-refractivity contribution in [2.24, 2.45) is 46.0 Å². The topological polar surface area (TPSA) is 163 Å². The molecule has 4 fully saturated rings. The molecule has 0 aromatic rings. The van der Waals surface area contributed by atoms with Gasteiger partial charge in [0.2, 0.25) is 11.8 Å². The number of carbonyl (C=O) groups excluding carboxylic acids is 2. The second-order valence-electron chi connectivity index (χ2n) is 12.0. The van der Waals surface area contributed by atoms with Crippen molar-refractivity contribution in [3.8, 4) is 0 Å². The molecule has 4 aliphatic rings. The molecule has 0 radical (unpaired) electrons. The van der Waals surface area contributed by atoms with Crippen molar-refractivity contribution < 1.29 is 14.8 Å². The Morgan fingerprint density at radius 1 is 0.919 bits per heavy atom. The van der Waals surface area contributed by atoms with Crippen molar-refractivity contribution in [2.75, 3.05) is 32.7 Å². The fourth-order valence-corrected chi connectivity index (χ4v) is 7.51. The first-order valence-corrected chi connectivity index (χ1v) is 14.6. The summed E-state index contributed by atoms with van der Waals surface area (Å²) in [5.74, 6) is 2.37. The zero-order chi connectivity index (χ0) is 26.4. The van der Waals surface area contributed by atoms with Crippen LogP contribution in [0.1, 0.15) is 77.0 Å². The van der Waals surface area contributed by atoms with Gasteiger partial charge in [-0.05, 0) is 94.9 Å². The first kappa shape index (κ1) is 28.1. The Balaban J connectivity index is 1.41. The Bertz CT molecular complexity index is 793. The Morgan fingerprint density at radius 3 is 2.30 bits per heavy atom. The molecule has 2 aliphatic heterocycles. The average molecular weight is 520 g/mol. The summed E-state index contributed by atoms with van der Waals surface area (Å²) in [6, 6.07) is 0.451. The number of likely N-dealkylation sites (tertiary alicyclic amines) is 2. The minimum absolute atomic E-state index is 0.0469. The lowest BCUT2D eigenvalue weighted by molar-refractivity contribution is -0.138. The number of nitrogens with two attached hydrogens (primary N) is 3. The lowest BCUT2D eigenvalue weighted by Gasteiger charge is -2.41. The van der Waals surface area contributed by atoms with Gasteiger partial charge in [0.05, 0.1) is 6.04 Å². The molecule has 37 heavy (non-hydrogen) atoms. The van der Waals surface area contributed by atoms with Crippen LogP contribution in [0.15, 0.2) is 5.16 Å². The van der Waals surface area contributed by atoms with Gasteiger partial charge in [0.1, 0.15) is 5.84 Å². The molecule has 2 heterocycles. The first-order valence-electron chi connectivity index (χ1n) is 14.6. The number of amides is 2. The SMILES string of the molecule is NCCC(=O)NC1CCC(CN2C(C(=O)N3CCC(CCN)CC3)CC3CCC(/C(N)=N/O)CC32)CC1. The molecule has 2 aliphatic carbocycles. The molecule has 0 bridgehead atoms. The lowest BCUT2D eigenvalue weighted by atomic mass is 9.77. The highest BCUT2D eigenvalue weighted by molar-refractivity contribution is 5.83. The summed E-state index contributed by atoms with van der Waals surface area (Å²) in [6.45, 7) is 3.69. The fraction of sp³-hybridized carbons (Fsp3) is 0.889. The van der Waals surface area contributed by atoms with Crippen LogP contribution in [0.5, 0.6) is 0 Å². The van der Waals surface area contributed by atoms with Crippen molar-refractivity contribution in [1.29, 1.82) is 0 Å². The zero-order valence-electron chi connectivity index (χ0n) is 22.4. The Hall–Kier alpha value is -1.91. The van der Waals surface area contributed by atoms with E-state index in [1.165, 1.54) is 0 Å². The van der Waals surface area contributed by atoms with Gasteiger partial charge in [-0.25, -0.2) is 0 Å². The normalized spacial score (nSPS) is 33.8. The highest BCUT2D eigenvalue weighted by atomic mass is 16.4. The number of hydrogen-bond donors (Lipinski definition) is 5. The van der Waals surface area contributed by atoms with Gasteiger partial charge in [0.25, 0.3) is 0 Å². The fourth-order valence-electron chi connectivity index (χ4n) is 7.51. The van der Waals surface area contributed by atoms with Crippen molar-refractivity contribution in [2.45, 2.75) is 95.2 Å². The minimum atomic E-state index is -0.0749. The Labute approximate surface area is 221 Å². The molecule has 10 heteroatoms. The second kappa shape index (κ2) is 13.2. The summed E-state index contributed by atoms with van der Waals surface area (Å²) in [5, 5.41) is 15.7. The third kappa shape index (κ3) is 6.95. The van der Waals surface area contributed by atoms with E-state index in [2.05, 4.69) is 20.3 Å². The molecule has 0 aromatic carbocycles. The number of piperidine rings is 1. The number of carbonyl (C=O) groups is 2. The summed E-state index contributed by atoms with van der Waals surface area (Å²) in [7, 11) is 0. The maximum absolute atomic E-state index is 13.9. The molecule has 210 valence electrons. The zero-order valence-corrected chi connectivity index (χ0v) is 22.4. The summed E-state index contributed by atoms with van der Waals surface area (Å²) in [5.41, 5.74) is 17.3. The maximum Gasteiger partial charge on any atom is 0.239 e. The van der Waals surface area contributed by atoms with Crippen LogP contribution in [0.4, 0.5) is 0 Å². The standard InChI is InChI=1S/C27H49N7O3/c28-11-7-18-9-13-33(14-10-18)27(36)24-15-20-3-4-21(26(30)32-37)16-23(20)34(24)17-19-1-5-22(6-2-19)31-25(35)8-12-29/h18-24,37H,1-17,28-29H2,(H2,30,32)(H,31,35). The third-order valence-electron chi connectivity index (χ3n) is 9.68. The van der Waals surface area contributed by atoms with Gasteiger partial charge in [0, 0.05) is 50.6 Å². The number of hydrogen-bond acceptors (Lipinski definition) is 7. The van der Waals surface area contributed by atoms with Gasteiger partial charge in [-0.1, -0.05) is 5.16 Å². The summed E-state index contributed by atoms with van der Waals surface area (Å²) >= 11 is 0. The summed E-state index contributed by atoms with van der Waals surface area (Å²) < 4.78 is 0. The number of fused-ring (bicyclic) bond motifs is 1. The minimum Gasteiger partial charge on any atom is -0.409 e. The highest BCUT2D eigenvalue weighted by Gasteiger charge is 2.49. The molecule has 2 saturated carbocycles. The van der Waals surface area contributed by atoms with Crippen molar-refractivity contribution in [3.05, 3.63) is 0 Å². The van der Waals surface area contributed by atoms with E-state index < -0.39 is 0 Å². The summed E-state index contributed by atoms with van der Waals surface area (Å²) in [4.78, 5) is 30.5. The van der Waals surface area contributed by atoms with Crippen LogP contribution in [-0.2, 0) is 9.59 Å². The van der Waals surface area contributed by atoms with Crippen molar-refractivity contribution in [1.82, 2.24) is 15.1 Å². The van der Waals surface area contributed by atoms with Gasteiger partial charge in [-0.15, -0.1) is 0 Å². The molecule has 8 N–H and O–H groups in total. The second-order valence-corrected chi connectivity index (χ2v) is 12.0. The molecular weight excluding hydrogens is 470 g/mol. The molecule has 0 spiro atoms. The van der Waals surface area contributed by atoms with E-state index in [4.69, 9.17) is 17.2 Å². The molecule has 2 saturated heterocycles. The van der Waals surface area contributed by atoms with Crippen LogP contribution in [-0.4, -0.2) is 83.5 Å². The van der Waals surface area contributed by atoms with E-state index in [0.29, 0.717) is 48.5 Å². The van der Waals surface area contributed by atoms with Crippen LogP contribution in [0.25, 0.3) is 0 Å². The quantitative estimate of drug-likeness (QED) is 0.132. The Kier molecular flexibility index (Phi) is 10.1. The van der Waals surface area contributed by atoms with E-state index in [-0.39, 0.29) is 23.9 Å². The van der Waals surface area contributed by atoms with E-state index >= 15 is 0 Å². The molecule has 4 atom stereocenters. The average Bonchev–Trinajstić information content (AvgIpc) is 3.27. The van der Waals surface area contributed by atoms with E-state index in [9.17, 15) is 14.8 Å². The van der Waals surface area contributed by atoms with Gasteiger partial charge in [0.15, 0.2) is 0 Å².